The highest BCUT2D eigenvalue weighted by Crippen LogP contribution is 2.28. The van der Waals surface area contributed by atoms with Crippen molar-refractivity contribution in [2.24, 2.45) is 0 Å². The van der Waals surface area contributed by atoms with Gasteiger partial charge >= 0.3 is 7.12 Å². The fraction of sp³-hybridized carbons (Fsp3) is 0.333. The van der Waals surface area contributed by atoms with Gasteiger partial charge in [-0.3, -0.25) is 0 Å². The second-order valence-corrected chi connectivity index (χ2v) is 3.32. The minimum atomic E-state index is -1.74. The predicted octanol–water partition coefficient (Wildman–Crippen LogP) is 0.0111. The number of rotatable bonds is 5. The Hall–Kier alpha value is -0.945. The molecule has 2 N–H and O–H groups in total. The minimum Gasteiger partial charge on any atom is -0.493 e. The Bertz CT molecular complexity index is 358. The normalized spacial score (nSPS) is 10.1. The highest BCUT2D eigenvalue weighted by Gasteiger charge is 2.24. The first-order valence-electron chi connectivity index (χ1n) is 4.46. The van der Waals surface area contributed by atoms with Crippen LogP contribution < -0.4 is 14.9 Å². The summed E-state index contributed by atoms with van der Waals surface area (Å²) in [5.41, 5.74) is 0.0538. The number of hydrogen-bond donors (Lipinski definition) is 2. The lowest BCUT2D eigenvalue weighted by atomic mass is 9.79. The standard InChI is InChI=1S/C9H12BClO5/c1-14-5-16-9-7(15-2)4-3-6(11)8(9)10(12)13/h3-4,12-13H,5H2,1-2H3. The number of hydrogen-bond acceptors (Lipinski definition) is 5. The molecule has 16 heavy (non-hydrogen) atoms. The Kier molecular flexibility index (Phi) is 4.88. The Morgan fingerprint density at radius 2 is 2.00 bits per heavy atom. The van der Waals surface area contributed by atoms with E-state index < -0.39 is 7.12 Å². The van der Waals surface area contributed by atoms with Crippen LogP contribution in [0.5, 0.6) is 11.5 Å². The van der Waals surface area contributed by atoms with E-state index in [1.54, 1.807) is 6.07 Å². The summed E-state index contributed by atoms with van der Waals surface area (Å²) in [4.78, 5) is 0. The number of halogens is 1. The molecule has 0 bridgehead atoms. The summed E-state index contributed by atoms with van der Waals surface area (Å²) in [6.45, 7) is -0.0452. The molecule has 1 rings (SSSR count). The van der Waals surface area contributed by atoms with Crippen LogP contribution in [0.1, 0.15) is 0 Å². The molecular weight excluding hydrogens is 234 g/mol. The van der Waals surface area contributed by atoms with Gasteiger partial charge in [0, 0.05) is 17.6 Å². The molecule has 0 saturated carbocycles. The lowest BCUT2D eigenvalue weighted by Crippen LogP contribution is -2.33. The maximum Gasteiger partial charge on any atom is 0.493 e. The Morgan fingerprint density at radius 1 is 1.31 bits per heavy atom. The van der Waals surface area contributed by atoms with Crippen LogP contribution >= 0.6 is 11.6 Å². The maximum absolute atomic E-state index is 9.20. The second kappa shape index (κ2) is 5.96. The maximum atomic E-state index is 9.20. The van der Waals surface area contributed by atoms with Crippen LogP contribution in [0.4, 0.5) is 0 Å². The van der Waals surface area contributed by atoms with Gasteiger partial charge in [0.25, 0.3) is 0 Å². The molecule has 0 spiro atoms. The van der Waals surface area contributed by atoms with Crippen molar-refractivity contribution in [3.05, 3.63) is 17.2 Å². The molecule has 0 aliphatic heterocycles. The van der Waals surface area contributed by atoms with Gasteiger partial charge < -0.3 is 24.3 Å². The summed E-state index contributed by atoms with van der Waals surface area (Å²) in [6.07, 6.45) is 0. The van der Waals surface area contributed by atoms with Gasteiger partial charge in [0.1, 0.15) is 0 Å². The quantitative estimate of drug-likeness (QED) is 0.566. The van der Waals surface area contributed by atoms with E-state index in [0.29, 0.717) is 5.75 Å². The molecule has 0 unspecified atom stereocenters. The highest BCUT2D eigenvalue weighted by atomic mass is 35.5. The van der Waals surface area contributed by atoms with Crippen LogP contribution in [0.25, 0.3) is 0 Å². The van der Waals surface area contributed by atoms with Crippen molar-refractivity contribution >= 4 is 24.2 Å². The van der Waals surface area contributed by atoms with E-state index in [0.717, 1.165) is 0 Å². The molecule has 0 saturated heterocycles. The zero-order valence-electron chi connectivity index (χ0n) is 8.94. The molecule has 0 radical (unpaired) electrons. The monoisotopic (exact) mass is 246 g/mol. The van der Waals surface area contributed by atoms with Gasteiger partial charge in [-0.25, -0.2) is 0 Å². The van der Waals surface area contributed by atoms with Crippen LogP contribution in [0, 0.1) is 0 Å². The van der Waals surface area contributed by atoms with Crippen molar-refractivity contribution < 1.29 is 24.3 Å². The molecule has 0 fully saturated rings. The molecule has 0 aliphatic rings. The molecule has 5 nitrogen and oxygen atoms in total. The number of benzene rings is 1. The van der Waals surface area contributed by atoms with E-state index in [-0.39, 0.29) is 23.0 Å². The summed E-state index contributed by atoms with van der Waals surface area (Å²) in [6, 6.07) is 3.06. The van der Waals surface area contributed by atoms with E-state index in [4.69, 9.17) is 25.8 Å². The van der Waals surface area contributed by atoms with Crippen LogP contribution in [0.15, 0.2) is 12.1 Å². The molecule has 0 atom stereocenters. The van der Waals surface area contributed by atoms with Gasteiger partial charge in [-0.2, -0.15) is 0 Å². The third-order valence-corrected chi connectivity index (χ3v) is 2.24. The third kappa shape index (κ3) is 2.79. The van der Waals surface area contributed by atoms with Gasteiger partial charge in [-0.1, -0.05) is 11.6 Å². The Labute approximate surface area is 98.7 Å². The van der Waals surface area contributed by atoms with E-state index in [2.05, 4.69) is 0 Å². The van der Waals surface area contributed by atoms with Crippen molar-refractivity contribution in [1.29, 1.82) is 0 Å². The zero-order chi connectivity index (χ0) is 12.1. The number of methoxy groups -OCH3 is 2. The van der Waals surface area contributed by atoms with Crippen molar-refractivity contribution in [3.63, 3.8) is 0 Å². The fourth-order valence-electron chi connectivity index (χ4n) is 1.22. The predicted molar refractivity (Wildman–Crippen MR) is 60.3 cm³/mol. The lowest BCUT2D eigenvalue weighted by molar-refractivity contribution is 0.0498. The van der Waals surface area contributed by atoms with E-state index in [9.17, 15) is 10.0 Å². The molecule has 1 aromatic rings. The molecule has 0 heterocycles. The summed E-state index contributed by atoms with van der Waals surface area (Å²) >= 11 is 5.84. The SMILES string of the molecule is COCOc1c(OC)ccc(Cl)c1B(O)O. The summed E-state index contributed by atoms with van der Waals surface area (Å²) in [7, 11) is 1.15. The zero-order valence-corrected chi connectivity index (χ0v) is 9.69. The molecule has 0 aromatic heterocycles. The second-order valence-electron chi connectivity index (χ2n) is 2.92. The fourth-order valence-corrected chi connectivity index (χ4v) is 1.47. The first-order chi connectivity index (χ1) is 7.61. The third-order valence-electron chi connectivity index (χ3n) is 1.91. The first kappa shape index (κ1) is 13.1. The summed E-state index contributed by atoms with van der Waals surface area (Å²) in [5, 5.41) is 18.6. The van der Waals surface area contributed by atoms with Gasteiger partial charge in [0.2, 0.25) is 0 Å². The van der Waals surface area contributed by atoms with Gasteiger partial charge in [-0.15, -0.1) is 0 Å². The highest BCUT2D eigenvalue weighted by molar-refractivity contribution is 6.64. The topological polar surface area (TPSA) is 68.2 Å². The summed E-state index contributed by atoms with van der Waals surface area (Å²) < 4.78 is 15.0. The Morgan fingerprint density at radius 3 is 2.50 bits per heavy atom. The largest absolute Gasteiger partial charge is 0.493 e. The van der Waals surface area contributed by atoms with Crippen molar-refractivity contribution in [1.82, 2.24) is 0 Å². The lowest BCUT2D eigenvalue weighted by Gasteiger charge is -2.15. The van der Waals surface area contributed by atoms with Gasteiger partial charge in [0.05, 0.1) is 7.11 Å². The molecule has 88 valence electrons. The van der Waals surface area contributed by atoms with E-state index in [1.165, 1.54) is 20.3 Å². The smallest absolute Gasteiger partial charge is 0.493 e. The van der Waals surface area contributed by atoms with Crippen molar-refractivity contribution in [2.45, 2.75) is 0 Å². The average Bonchev–Trinajstić information content (AvgIpc) is 2.25. The van der Waals surface area contributed by atoms with E-state index >= 15 is 0 Å². The molecule has 0 aliphatic carbocycles. The van der Waals surface area contributed by atoms with Crippen LogP contribution in [0.2, 0.25) is 5.02 Å². The molecular formula is C9H12BClO5. The van der Waals surface area contributed by atoms with Crippen LogP contribution in [-0.2, 0) is 4.74 Å². The molecule has 7 heteroatoms. The van der Waals surface area contributed by atoms with E-state index in [1.807, 2.05) is 0 Å². The first-order valence-corrected chi connectivity index (χ1v) is 4.83. The Balaban J connectivity index is 3.19. The van der Waals surface area contributed by atoms with Gasteiger partial charge in [-0.05, 0) is 12.1 Å². The van der Waals surface area contributed by atoms with Crippen LogP contribution in [0.3, 0.4) is 0 Å². The summed E-state index contributed by atoms with van der Waals surface area (Å²) in [5.74, 6) is 0.511. The molecule has 1 aromatic carbocycles. The van der Waals surface area contributed by atoms with Crippen molar-refractivity contribution in [3.8, 4) is 11.5 Å². The molecule has 0 amide bonds. The van der Waals surface area contributed by atoms with Crippen LogP contribution in [-0.4, -0.2) is 38.2 Å². The van der Waals surface area contributed by atoms with Gasteiger partial charge in [0.15, 0.2) is 18.3 Å². The number of ether oxygens (including phenoxy) is 3. The minimum absolute atomic E-state index is 0.0452. The average molecular weight is 246 g/mol. The van der Waals surface area contributed by atoms with Crippen molar-refractivity contribution in [2.75, 3.05) is 21.0 Å².